The van der Waals surface area contributed by atoms with Crippen LogP contribution in [0, 0.1) is 11.8 Å². The summed E-state index contributed by atoms with van der Waals surface area (Å²) in [6, 6.07) is 10.6. The van der Waals surface area contributed by atoms with Crippen LogP contribution >= 0.6 is 0 Å². The summed E-state index contributed by atoms with van der Waals surface area (Å²) in [7, 11) is 0. The van der Waals surface area contributed by atoms with Crippen LogP contribution in [0.2, 0.25) is 0 Å². The van der Waals surface area contributed by atoms with Gasteiger partial charge in [0.25, 0.3) is 0 Å². The molecule has 1 aliphatic heterocycles. The first-order valence-electron chi connectivity index (χ1n) is 8.72. The molecule has 0 aromatic heterocycles. The van der Waals surface area contributed by atoms with Crippen LogP contribution in [-0.4, -0.2) is 29.1 Å². The van der Waals surface area contributed by atoms with Gasteiger partial charge in [-0.1, -0.05) is 51.1 Å². The maximum Gasteiger partial charge on any atom is 0.324 e. The highest BCUT2D eigenvalue weighted by atomic mass is 16.6. The highest BCUT2D eigenvalue weighted by Crippen LogP contribution is 2.38. The minimum Gasteiger partial charge on any atom is -0.459 e. The van der Waals surface area contributed by atoms with E-state index in [1.54, 1.807) is 0 Å². The van der Waals surface area contributed by atoms with E-state index < -0.39 is 5.60 Å². The third-order valence-corrected chi connectivity index (χ3v) is 4.37. The topological polar surface area (TPSA) is 29.5 Å². The number of hydrogen-bond donors (Lipinski definition) is 0. The standard InChI is InChI=1S/C20H31NO2/c1-14(2)18(19(22)23-20(4,5)6)21-13-15(3)12-17(21)16-10-8-7-9-11-16/h7-11,14-15,17-18H,12-13H2,1-6H3/t15?,17-,18+/m1/s1. The van der Waals surface area contributed by atoms with Gasteiger partial charge in [-0.3, -0.25) is 9.69 Å². The smallest absolute Gasteiger partial charge is 0.324 e. The Morgan fingerprint density at radius 3 is 2.35 bits per heavy atom. The van der Waals surface area contributed by atoms with Gasteiger partial charge in [0.1, 0.15) is 11.6 Å². The second-order valence-corrected chi connectivity index (χ2v) is 8.19. The first-order valence-corrected chi connectivity index (χ1v) is 8.72. The predicted octanol–water partition coefficient (Wildman–Crippen LogP) is 4.44. The molecule has 1 unspecified atom stereocenters. The van der Waals surface area contributed by atoms with Gasteiger partial charge in [0, 0.05) is 12.6 Å². The van der Waals surface area contributed by atoms with Crippen molar-refractivity contribution in [3.8, 4) is 0 Å². The molecule has 0 radical (unpaired) electrons. The van der Waals surface area contributed by atoms with Crippen LogP contribution in [0.25, 0.3) is 0 Å². The molecule has 2 rings (SSSR count). The molecule has 3 heteroatoms. The van der Waals surface area contributed by atoms with E-state index in [4.69, 9.17) is 4.74 Å². The monoisotopic (exact) mass is 317 g/mol. The Morgan fingerprint density at radius 1 is 1.22 bits per heavy atom. The van der Waals surface area contributed by atoms with Crippen LogP contribution in [0.3, 0.4) is 0 Å². The highest BCUT2D eigenvalue weighted by molar-refractivity contribution is 5.76. The number of nitrogens with zero attached hydrogens (tertiary/aromatic N) is 1. The molecule has 1 heterocycles. The van der Waals surface area contributed by atoms with Gasteiger partial charge in [-0.25, -0.2) is 0 Å². The zero-order chi connectivity index (χ0) is 17.2. The van der Waals surface area contributed by atoms with Crippen LogP contribution in [0.5, 0.6) is 0 Å². The van der Waals surface area contributed by atoms with Gasteiger partial charge in [-0.2, -0.15) is 0 Å². The molecule has 0 N–H and O–H groups in total. The van der Waals surface area contributed by atoms with E-state index in [1.807, 2.05) is 26.8 Å². The minimum absolute atomic E-state index is 0.0949. The summed E-state index contributed by atoms with van der Waals surface area (Å²) in [5.74, 6) is 0.716. The van der Waals surface area contributed by atoms with Crippen molar-refractivity contribution in [2.75, 3.05) is 6.54 Å². The Hall–Kier alpha value is -1.35. The number of benzene rings is 1. The Kier molecular flexibility index (Phi) is 5.51. The van der Waals surface area contributed by atoms with Crippen LogP contribution < -0.4 is 0 Å². The fraction of sp³-hybridized carbons (Fsp3) is 0.650. The molecule has 23 heavy (non-hydrogen) atoms. The quantitative estimate of drug-likeness (QED) is 0.769. The van der Waals surface area contributed by atoms with Crippen molar-refractivity contribution in [3.63, 3.8) is 0 Å². The fourth-order valence-corrected chi connectivity index (χ4v) is 3.54. The normalized spacial score (nSPS) is 24.0. The third-order valence-electron chi connectivity index (χ3n) is 4.37. The molecule has 0 spiro atoms. The van der Waals surface area contributed by atoms with E-state index in [0.29, 0.717) is 12.0 Å². The maximum absolute atomic E-state index is 12.8. The average molecular weight is 317 g/mol. The first kappa shape index (κ1) is 18.0. The van der Waals surface area contributed by atoms with E-state index in [2.05, 4.69) is 49.9 Å². The van der Waals surface area contributed by atoms with Crippen molar-refractivity contribution < 1.29 is 9.53 Å². The molecule has 1 aliphatic rings. The Morgan fingerprint density at radius 2 is 1.83 bits per heavy atom. The van der Waals surface area contributed by atoms with Crippen LogP contribution in [0.1, 0.15) is 59.6 Å². The third kappa shape index (κ3) is 4.57. The summed E-state index contributed by atoms with van der Waals surface area (Å²) >= 11 is 0. The second-order valence-electron chi connectivity index (χ2n) is 8.19. The Bertz CT molecular complexity index is 518. The molecule has 3 nitrogen and oxygen atoms in total. The Labute approximate surface area is 141 Å². The van der Waals surface area contributed by atoms with E-state index in [1.165, 1.54) is 5.56 Å². The summed E-state index contributed by atoms with van der Waals surface area (Å²) in [5, 5.41) is 0. The van der Waals surface area contributed by atoms with Crippen LogP contribution in [0.15, 0.2) is 30.3 Å². The number of ether oxygens (including phenoxy) is 1. The summed E-state index contributed by atoms with van der Waals surface area (Å²) in [6.45, 7) is 13.2. The van der Waals surface area contributed by atoms with Crippen LogP contribution in [-0.2, 0) is 9.53 Å². The second kappa shape index (κ2) is 7.04. The van der Waals surface area contributed by atoms with Crippen molar-refractivity contribution in [2.24, 2.45) is 11.8 Å². The highest BCUT2D eigenvalue weighted by Gasteiger charge is 2.41. The van der Waals surface area contributed by atoms with E-state index in [0.717, 1.165) is 13.0 Å². The van der Waals surface area contributed by atoms with Gasteiger partial charge >= 0.3 is 5.97 Å². The van der Waals surface area contributed by atoms with Crippen molar-refractivity contribution >= 4 is 5.97 Å². The minimum atomic E-state index is -0.447. The molecule has 1 saturated heterocycles. The molecule has 0 amide bonds. The molecule has 1 aromatic carbocycles. The lowest BCUT2D eigenvalue weighted by Gasteiger charge is -2.36. The zero-order valence-electron chi connectivity index (χ0n) is 15.4. The molecule has 128 valence electrons. The van der Waals surface area contributed by atoms with Gasteiger partial charge in [-0.05, 0) is 44.6 Å². The lowest BCUT2D eigenvalue weighted by Crippen LogP contribution is -2.47. The lowest BCUT2D eigenvalue weighted by atomic mass is 9.97. The Balaban J connectivity index is 2.27. The fourth-order valence-electron chi connectivity index (χ4n) is 3.54. The van der Waals surface area contributed by atoms with Crippen molar-refractivity contribution in [1.29, 1.82) is 0 Å². The van der Waals surface area contributed by atoms with Crippen molar-refractivity contribution in [3.05, 3.63) is 35.9 Å². The van der Waals surface area contributed by atoms with E-state index in [9.17, 15) is 4.79 Å². The molecule has 1 aromatic rings. The van der Waals surface area contributed by atoms with Gasteiger partial charge in [0.2, 0.25) is 0 Å². The average Bonchev–Trinajstić information content (AvgIpc) is 2.79. The number of rotatable bonds is 4. The molecular weight excluding hydrogens is 286 g/mol. The number of hydrogen-bond acceptors (Lipinski definition) is 3. The molecule has 0 saturated carbocycles. The molecule has 0 aliphatic carbocycles. The van der Waals surface area contributed by atoms with Crippen molar-refractivity contribution in [2.45, 2.75) is 65.6 Å². The molecule has 3 atom stereocenters. The van der Waals surface area contributed by atoms with E-state index in [-0.39, 0.29) is 17.9 Å². The predicted molar refractivity (Wildman–Crippen MR) is 94.1 cm³/mol. The summed E-state index contributed by atoms with van der Waals surface area (Å²) < 4.78 is 5.71. The van der Waals surface area contributed by atoms with Gasteiger partial charge in [0.15, 0.2) is 0 Å². The summed E-state index contributed by atoms with van der Waals surface area (Å²) in [4.78, 5) is 15.2. The van der Waals surface area contributed by atoms with Crippen molar-refractivity contribution in [1.82, 2.24) is 4.90 Å². The number of likely N-dealkylation sites (tertiary alicyclic amines) is 1. The number of carbonyl (C=O) groups excluding carboxylic acids is 1. The molecule has 1 fully saturated rings. The summed E-state index contributed by atoms with van der Waals surface area (Å²) in [5.41, 5.74) is 0.851. The number of carbonyl (C=O) groups is 1. The lowest BCUT2D eigenvalue weighted by molar-refractivity contribution is -0.164. The zero-order valence-corrected chi connectivity index (χ0v) is 15.4. The van der Waals surface area contributed by atoms with E-state index >= 15 is 0 Å². The maximum atomic E-state index is 12.8. The van der Waals surface area contributed by atoms with Gasteiger partial charge < -0.3 is 4.74 Å². The first-order chi connectivity index (χ1) is 10.7. The van der Waals surface area contributed by atoms with Crippen LogP contribution in [0.4, 0.5) is 0 Å². The molecular formula is C20H31NO2. The summed E-state index contributed by atoms with van der Waals surface area (Å²) in [6.07, 6.45) is 1.09. The largest absolute Gasteiger partial charge is 0.459 e. The van der Waals surface area contributed by atoms with Gasteiger partial charge in [0.05, 0.1) is 0 Å². The molecule has 0 bridgehead atoms. The number of esters is 1. The SMILES string of the molecule is CC1C[C@H](c2ccccc2)N([C@H](C(=O)OC(C)(C)C)C(C)C)C1. The van der Waals surface area contributed by atoms with Gasteiger partial charge in [-0.15, -0.1) is 0 Å².